The van der Waals surface area contributed by atoms with E-state index in [4.69, 9.17) is 19.9 Å². The zero-order valence-corrected chi connectivity index (χ0v) is 39.2. The number of esters is 2. The molecule has 0 radical (unpaired) electrons. The molecule has 2 bridgehead atoms. The molecule has 66 heavy (non-hydrogen) atoms. The molecule has 2 aliphatic heterocycles. The van der Waals surface area contributed by atoms with Gasteiger partial charge in [0.2, 0.25) is 23.6 Å². The van der Waals surface area contributed by atoms with Crippen LogP contribution < -0.4 is 37.1 Å². The second-order valence-corrected chi connectivity index (χ2v) is 17.8. The number of amides is 6. The number of nitrogens with one attached hydrogen (secondary N) is 5. The van der Waals surface area contributed by atoms with E-state index in [1.807, 2.05) is 0 Å². The molecular formula is C48H71N7O11. The maximum absolute atomic E-state index is 13.6. The van der Waals surface area contributed by atoms with Gasteiger partial charge in [0.05, 0.1) is 26.1 Å². The van der Waals surface area contributed by atoms with Crippen LogP contribution in [0.1, 0.15) is 115 Å². The molecule has 6 amide bonds. The van der Waals surface area contributed by atoms with Crippen molar-refractivity contribution in [1.82, 2.24) is 26.2 Å². The van der Waals surface area contributed by atoms with E-state index in [-0.39, 0.29) is 81.2 Å². The fraction of sp³-hybridized carbons (Fsp3) is 0.604. The lowest BCUT2D eigenvalue weighted by Gasteiger charge is -2.48. The normalized spacial score (nSPS) is 17.8. The van der Waals surface area contributed by atoms with E-state index in [1.54, 1.807) is 77.3 Å². The average molecular weight is 922 g/mol. The van der Waals surface area contributed by atoms with Gasteiger partial charge in [-0.05, 0) is 91.9 Å². The first-order chi connectivity index (χ1) is 31.6. The third kappa shape index (κ3) is 17.6. The van der Waals surface area contributed by atoms with Crippen molar-refractivity contribution in [3.63, 3.8) is 0 Å². The van der Waals surface area contributed by atoms with Crippen molar-refractivity contribution in [2.75, 3.05) is 32.1 Å². The molecule has 0 aromatic heterocycles. The van der Waals surface area contributed by atoms with E-state index in [9.17, 15) is 38.7 Å². The molecule has 4 rings (SSSR count). The fourth-order valence-corrected chi connectivity index (χ4v) is 8.35. The molecule has 2 aromatic carbocycles. The second kappa shape index (κ2) is 27.0. The Bertz CT molecular complexity index is 1930. The van der Waals surface area contributed by atoms with Crippen LogP contribution in [0.15, 0.2) is 42.5 Å². The predicted molar refractivity (Wildman–Crippen MR) is 247 cm³/mol. The summed E-state index contributed by atoms with van der Waals surface area (Å²) in [6.45, 7) is 8.41. The molecule has 2 fully saturated rings. The minimum atomic E-state index is -1.03. The Morgan fingerprint density at radius 1 is 0.818 bits per heavy atom. The second-order valence-electron chi connectivity index (χ2n) is 17.8. The number of carbonyl (C=O) groups excluding carboxylic acids is 7. The van der Waals surface area contributed by atoms with Gasteiger partial charge in [-0.3, -0.25) is 33.7 Å². The highest BCUT2D eigenvalue weighted by molar-refractivity contribution is 5.98. The number of anilines is 1. The number of aliphatic hydroxyl groups excluding tert-OH is 1. The third-order valence-corrected chi connectivity index (χ3v) is 12.0. The highest BCUT2D eigenvalue weighted by atomic mass is 16.5. The summed E-state index contributed by atoms with van der Waals surface area (Å²) in [5, 5.41) is 23.4. The van der Waals surface area contributed by atoms with Gasteiger partial charge in [0.15, 0.2) is 0 Å². The highest BCUT2D eigenvalue weighted by Crippen LogP contribution is 2.35. The standard InChI is InChI=1S/C48H71N7O11/c1-30(2)44(46(61)53-40(12-9-22-51-48(49)63)45(60)52-35-16-13-32(14-17-35)29-65-47(62)31(3)4)54-42(58)20-19-41(57)50-21-6-7-23-55-36-10-8-11-37(55)27-39(26-36)66-43(59)25-34-24-38(64-5)18-15-33(34)28-56/h13-18,24,30-31,36-37,39-40,44,56H,6-12,19-23,25-29H2,1-5H3,(H,50,57)(H,52,60)(H,53,61)(H,54,58)(H3,49,51,63)/t36?,37?,39?,40-,44-/m0/s1. The summed E-state index contributed by atoms with van der Waals surface area (Å²) in [6.07, 6.45) is 6.55. The predicted octanol–water partition coefficient (Wildman–Crippen LogP) is 3.75. The van der Waals surface area contributed by atoms with E-state index < -0.39 is 35.8 Å². The fourth-order valence-electron chi connectivity index (χ4n) is 8.35. The van der Waals surface area contributed by atoms with Gasteiger partial charge in [0.25, 0.3) is 0 Å². The van der Waals surface area contributed by atoms with Crippen LogP contribution in [-0.4, -0.2) is 109 Å². The summed E-state index contributed by atoms with van der Waals surface area (Å²) in [4.78, 5) is 91.3. The first kappa shape index (κ1) is 52.9. The van der Waals surface area contributed by atoms with E-state index in [0.29, 0.717) is 47.6 Å². The highest BCUT2D eigenvalue weighted by Gasteiger charge is 2.39. The van der Waals surface area contributed by atoms with Crippen molar-refractivity contribution < 1.29 is 52.9 Å². The van der Waals surface area contributed by atoms with Crippen LogP contribution in [0.25, 0.3) is 0 Å². The lowest BCUT2D eigenvalue weighted by atomic mass is 9.82. The smallest absolute Gasteiger partial charge is 0.312 e. The van der Waals surface area contributed by atoms with Gasteiger partial charge in [-0.25, -0.2) is 4.79 Å². The van der Waals surface area contributed by atoms with Crippen LogP contribution >= 0.6 is 0 Å². The number of nitrogens with zero attached hydrogens (tertiary/aromatic N) is 1. The number of primary amides is 1. The number of piperidine rings is 2. The minimum absolute atomic E-state index is 0.0649. The molecule has 0 spiro atoms. The average Bonchev–Trinajstić information content (AvgIpc) is 3.27. The largest absolute Gasteiger partial charge is 0.497 e. The Balaban J connectivity index is 1.18. The zero-order valence-electron chi connectivity index (χ0n) is 39.2. The van der Waals surface area contributed by atoms with Crippen LogP contribution in [0.3, 0.4) is 0 Å². The number of carbonyl (C=O) groups is 7. The molecule has 0 aliphatic carbocycles. The summed E-state index contributed by atoms with van der Waals surface area (Å²) in [6, 6.07) is 9.88. The lowest BCUT2D eigenvalue weighted by molar-refractivity contribution is -0.154. The number of rotatable bonds is 26. The molecule has 2 aliphatic rings. The number of nitrogens with two attached hydrogens (primary N) is 1. The third-order valence-electron chi connectivity index (χ3n) is 12.0. The van der Waals surface area contributed by atoms with Crippen molar-refractivity contribution in [2.45, 2.75) is 148 Å². The zero-order chi connectivity index (χ0) is 48.2. The molecule has 4 atom stereocenters. The van der Waals surface area contributed by atoms with E-state index in [1.165, 1.54) is 0 Å². The van der Waals surface area contributed by atoms with Crippen LogP contribution in [0.4, 0.5) is 10.5 Å². The van der Waals surface area contributed by atoms with Crippen molar-refractivity contribution in [3.05, 3.63) is 59.2 Å². The molecule has 18 heteroatoms. The van der Waals surface area contributed by atoms with Gasteiger partial charge >= 0.3 is 18.0 Å². The number of hydrogen-bond donors (Lipinski definition) is 7. The van der Waals surface area contributed by atoms with Gasteiger partial charge in [0.1, 0.15) is 30.5 Å². The maximum atomic E-state index is 13.6. The summed E-state index contributed by atoms with van der Waals surface area (Å²) >= 11 is 0. The molecule has 0 saturated carbocycles. The Kier molecular flexibility index (Phi) is 21.6. The Hall–Kier alpha value is -5.75. The monoisotopic (exact) mass is 922 g/mol. The van der Waals surface area contributed by atoms with Crippen LogP contribution in [0, 0.1) is 11.8 Å². The molecule has 364 valence electrons. The number of unbranched alkanes of at least 4 members (excludes halogenated alkanes) is 1. The summed E-state index contributed by atoms with van der Waals surface area (Å²) in [5.41, 5.74) is 7.72. The van der Waals surface area contributed by atoms with Gasteiger partial charge in [-0.15, -0.1) is 0 Å². The number of methoxy groups -OCH3 is 1. The van der Waals surface area contributed by atoms with E-state index in [0.717, 1.165) is 57.1 Å². The van der Waals surface area contributed by atoms with E-state index >= 15 is 0 Å². The molecule has 2 heterocycles. The first-order valence-electron chi connectivity index (χ1n) is 23.2. The van der Waals surface area contributed by atoms with E-state index in [2.05, 4.69) is 31.5 Å². The number of urea groups is 1. The molecule has 18 nitrogen and oxygen atoms in total. The Labute approximate surface area is 388 Å². The molecule has 2 unspecified atom stereocenters. The van der Waals surface area contributed by atoms with Crippen LogP contribution in [0.2, 0.25) is 0 Å². The van der Waals surface area contributed by atoms with Crippen molar-refractivity contribution in [1.29, 1.82) is 0 Å². The minimum Gasteiger partial charge on any atom is -0.497 e. The molecule has 8 N–H and O–H groups in total. The Morgan fingerprint density at radius 2 is 1.50 bits per heavy atom. The Morgan fingerprint density at radius 3 is 2.14 bits per heavy atom. The van der Waals surface area contributed by atoms with Gasteiger partial charge < -0.3 is 51.6 Å². The lowest BCUT2D eigenvalue weighted by Crippen LogP contribution is -2.54. The molecule has 2 saturated heterocycles. The SMILES string of the molecule is COc1ccc(CO)c(CC(=O)OC2CC3CCCC(C2)N3CCCCNC(=O)CCC(=O)N[C@H](C(=O)N[C@@H](CCCNC(N)=O)C(=O)Nc2ccc(COC(=O)C(C)C)cc2)C(C)C)c1. The maximum Gasteiger partial charge on any atom is 0.312 e. The number of aliphatic hydroxyl groups is 1. The summed E-state index contributed by atoms with van der Waals surface area (Å²) in [7, 11) is 1.56. The van der Waals surface area contributed by atoms with Crippen molar-refractivity contribution in [2.24, 2.45) is 17.6 Å². The quantitative estimate of drug-likeness (QED) is 0.0526. The van der Waals surface area contributed by atoms with Gasteiger partial charge in [-0.2, -0.15) is 0 Å². The number of hydrogen-bond acceptors (Lipinski definition) is 12. The number of fused-ring (bicyclic) bond motifs is 2. The van der Waals surface area contributed by atoms with Crippen LogP contribution in [-0.2, 0) is 57.9 Å². The summed E-state index contributed by atoms with van der Waals surface area (Å²) < 4.78 is 16.5. The van der Waals surface area contributed by atoms with Gasteiger partial charge in [0, 0.05) is 56.5 Å². The van der Waals surface area contributed by atoms with Crippen molar-refractivity contribution >= 4 is 47.3 Å². The number of benzene rings is 2. The van der Waals surface area contributed by atoms with Crippen LogP contribution in [0.5, 0.6) is 5.75 Å². The molecule has 2 aromatic rings. The first-order valence-corrected chi connectivity index (χ1v) is 23.2. The molecular weight excluding hydrogens is 851 g/mol. The van der Waals surface area contributed by atoms with Crippen molar-refractivity contribution in [3.8, 4) is 5.75 Å². The topological polar surface area (TPSA) is 257 Å². The summed E-state index contributed by atoms with van der Waals surface area (Å²) in [5.74, 6) is -2.49. The number of ether oxygens (including phenoxy) is 3. The van der Waals surface area contributed by atoms with Gasteiger partial charge in [-0.1, -0.05) is 52.3 Å².